The zero-order valence-electron chi connectivity index (χ0n) is 18.6. The number of fused-ring (bicyclic) bond motifs is 1. The van der Waals surface area contributed by atoms with E-state index in [4.69, 9.17) is 14.5 Å². The third-order valence-electron chi connectivity index (χ3n) is 6.18. The van der Waals surface area contributed by atoms with Crippen molar-refractivity contribution in [1.82, 2.24) is 4.57 Å². The van der Waals surface area contributed by atoms with Gasteiger partial charge in [0, 0.05) is 27.8 Å². The predicted octanol–water partition coefficient (Wildman–Crippen LogP) is 5.89. The average Bonchev–Trinajstić information content (AvgIpc) is 2.91. The summed E-state index contributed by atoms with van der Waals surface area (Å²) >= 11 is 0. The minimum Gasteiger partial charge on any atom is -0.497 e. The highest BCUT2D eigenvalue weighted by molar-refractivity contribution is 5.93. The van der Waals surface area contributed by atoms with Gasteiger partial charge >= 0.3 is 0 Å². The van der Waals surface area contributed by atoms with Crippen LogP contribution in [0.25, 0.3) is 16.5 Å². The Balaban J connectivity index is 2.00. The molecule has 0 unspecified atom stereocenters. The van der Waals surface area contributed by atoms with Crippen molar-refractivity contribution in [3.63, 3.8) is 0 Å². The van der Waals surface area contributed by atoms with Crippen LogP contribution in [-0.2, 0) is 0 Å². The molecule has 4 heteroatoms. The minimum atomic E-state index is 0.420. The van der Waals surface area contributed by atoms with Crippen LogP contribution in [0.1, 0.15) is 50.4 Å². The van der Waals surface area contributed by atoms with Crippen LogP contribution >= 0.6 is 0 Å². The molecule has 30 heavy (non-hydrogen) atoms. The van der Waals surface area contributed by atoms with Gasteiger partial charge in [0.15, 0.2) is 0 Å². The van der Waals surface area contributed by atoms with E-state index >= 15 is 0 Å². The molecule has 1 heterocycles. The lowest BCUT2D eigenvalue weighted by Crippen LogP contribution is -2.15. The third-order valence-corrected chi connectivity index (χ3v) is 6.18. The lowest BCUT2D eigenvalue weighted by Gasteiger charge is -2.17. The Hall–Kier alpha value is -2.75. The van der Waals surface area contributed by atoms with E-state index in [1.165, 1.54) is 48.9 Å². The number of methoxy groups -OCH3 is 1. The molecule has 0 radical (unpaired) electrons. The molecule has 2 aromatic carbocycles. The van der Waals surface area contributed by atoms with Crippen molar-refractivity contribution in [2.24, 2.45) is 4.99 Å². The van der Waals surface area contributed by atoms with Crippen molar-refractivity contribution in [3.8, 4) is 17.2 Å². The highest BCUT2D eigenvalue weighted by Crippen LogP contribution is 2.33. The Labute approximate surface area is 179 Å². The molecule has 4 nitrogen and oxygen atoms in total. The molecule has 3 aromatic rings. The zero-order chi connectivity index (χ0) is 21.1. The highest BCUT2D eigenvalue weighted by Gasteiger charge is 2.18. The van der Waals surface area contributed by atoms with Crippen LogP contribution in [0.15, 0.2) is 47.5 Å². The van der Waals surface area contributed by atoms with Gasteiger partial charge in [-0.05, 0) is 70.0 Å². The normalized spacial score (nSPS) is 15.5. The number of hydrogen-bond acceptors (Lipinski definition) is 3. The Bertz CT molecular complexity index is 1090. The van der Waals surface area contributed by atoms with Crippen LogP contribution < -0.4 is 14.8 Å². The van der Waals surface area contributed by atoms with Gasteiger partial charge in [0.2, 0.25) is 0 Å². The number of nitrogens with zero attached hydrogens (tertiary/aromatic N) is 2. The van der Waals surface area contributed by atoms with E-state index in [-0.39, 0.29) is 0 Å². The van der Waals surface area contributed by atoms with Crippen molar-refractivity contribution >= 4 is 10.8 Å². The Morgan fingerprint density at radius 3 is 2.30 bits per heavy atom. The lowest BCUT2D eigenvalue weighted by molar-refractivity contribution is 0.344. The van der Waals surface area contributed by atoms with Crippen LogP contribution in [0.4, 0.5) is 0 Å². The summed E-state index contributed by atoms with van der Waals surface area (Å²) in [4.78, 5) is 5.23. The summed E-state index contributed by atoms with van der Waals surface area (Å²) in [5.74, 6) is 1.78. The highest BCUT2D eigenvalue weighted by atomic mass is 16.5. The molecular weight excluding hydrogens is 372 g/mol. The largest absolute Gasteiger partial charge is 0.497 e. The number of hydrogen-bond donors (Lipinski definition) is 0. The molecule has 0 atom stereocenters. The van der Waals surface area contributed by atoms with Gasteiger partial charge in [-0.2, -0.15) is 0 Å². The van der Waals surface area contributed by atoms with Crippen molar-refractivity contribution in [1.29, 1.82) is 0 Å². The van der Waals surface area contributed by atoms with Gasteiger partial charge in [-0.3, -0.25) is 4.99 Å². The SMILES string of the molecule is CCOc1cccc(=NC2CCCCC2)c2c(C)n(-c3ccc(OC)cc3)c(C)c12. The van der Waals surface area contributed by atoms with Gasteiger partial charge < -0.3 is 14.0 Å². The summed E-state index contributed by atoms with van der Waals surface area (Å²) in [7, 11) is 1.70. The first kappa shape index (κ1) is 20.5. The second-order valence-electron chi connectivity index (χ2n) is 8.08. The predicted molar refractivity (Wildman–Crippen MR) is 123 cm³/mol. The van der Waals surface area contributed by atoms with Gasteiger partial charge in [0.05, 0.1) is 25.1 Å². The van der Waals surface area contributed by atoms with Crippen LogP contribution in [-0.4, -0.2) is 24.3 Å². The molecule has 0 N–H and O–H groups in total. The zero-order valence-corrected chi connectivity index (χ0v) is 18.6. The summed E-state index contributed by atoms with van der Waals surface area (Å²) in [5, 5.41) is 3.43. The summed E-state index contributed by atoms with van der Waals surface area (Å²) in [6, 6.07) is 15.0. The molecule has 1 aliphatic rings. The van der Waals surface area contributed by atoms with E-state index in [0.717, 1.165) is 27.9 Å². The molecule has 1 aliphatic carbocycles. The van der Waals surface area contributed by atoms with Gasteiger partial charge in [-0.25, -0.2) is 0 Å². The summed E-state index contributed by atoms with van der Waals surface area (Å²) in [6.07, 6.45) is 6.28. The molecule has 0 bridgehead atoms. The molecule has 1 saturated carbocycles. The number of aryl methyl sites for hydroxylation is 2. The average molecular weight is 405 g/mol. The molecular formula is C26H32N2O2. The first-order chi connectivity index (χ1) is 14.6. The topological polar surface area (TPSA) is 35.8 Å². The minimum absolute atomic E-state index is 0.420. The monoisotopic (exact) mass is 404 g/mol. The van der Waals surface area contributed by atoms with E-state index < -0.39 is 0 Å². The van der Waals surface area contributed by atoms with Crippen LogP contribution in [0.5, 0.6) is 11.5 Å². The number of ether oxygens (including phenoxy) is 2. The molecule has 0 aliphatic heterocycles. The maximum absolute atomic E-state index is 6.07. The van der Waals surface area contributed by atoms with Crippen LogP contribution in [0.3, 0.4) is 0 Å². The van der Waals surface area contributed by atoms with E-state index in [0.29, 0.717) is 12.6 Å². The summed E-state index contributed by atoms with van der Waals surface area (Å²) in [6.45, 7) is 7.04. The first-order valence-corrected chi connectivity index (χ1v) is 11.1. The van der Waals surface area contributed by atoms with Crippen molar-refractivity contribution in [2.45, 2.75) is 58.9 Å². The molecule has 0 spiro atoms. The Kier molecular flexibility index (Phi) is 6.12. The van der Waals surface area contributed by atoms with E-state index in [1.54, 1.807) is 7.11 Å². The number of benzene rings is 1. The quantitative estimate of drug-likeness (QED) is 0.532. The second kappa shape index (κ2) is 8.95. The van der Waals surface area contributed by atoms with Gasteiger partial charge in [0.25, 0.3) is 0 Å². The fraction of sp³-hybridized carbons (Fsp3) is 0.423. The van der Waals surface area contributed by atoms with E-state index in [9.17, 15) is 0 Å². The molecule has 4 rings (SSSR count). The molecule has 0 saturated heterocycles. The Morgan fingerprint density at radius 2 is 1.63 bits per heavy atom. The number of aromatic nitrogens is 1. The van der Waals surface area contributed by atoms with Crippen LogP contribution in [0, 0.1) is 13.8 Å². The first-order valence-electron chi connectivity index (χ1n) is 11.1. The fourth-order valence-electron chi connectivity index (χ4n) is 4.75. The maximum Gasteiger partial charge on any atom is 0.129 e. The van der Waals surface area contributed by atoms with E-state index in [2.05, 4.69) is 48.7 Å². The van der Waals surface area contributed by atoms with Gasteiger partial charge in [0.1, 0.15) is 11.5 Å². The maximum atomic E-state index is 6.07. The third kappa shape index (κ3) is 3.83. The Morgan fingerprint density at radius 1 is 0.933 bits per heavy atom. The van der Waals surface area contributed by atoms with Crippen molar-refractivity contribution < 1.29 is 9.47 Å². The standard InChI is InChI=1S/C26H32N2O2/c1-5-30-24-13-9-12-23(27-20-10-7-6-8-11-20)25-18(2)28(19(3)26(24)25)21-14-16-22(29-4)17-15-21/h9,12-17,20H,5-8,10-11H2,1-4H3. The lowest BCUT2D eigenvalue weighted by atomic mass is 9.96. The molecule has 0 amide bonds. The van der Waals surface area contributed by atoms with Crippen molar-refractivity contribution in [3.05, 3.63) is 59.2 Å². The molecule has 1 aromatic heterocycles. The van der Waals surface area contributed by atoms with E-state index in [1.807, 2.05) is 19.1 Å². The second-order valence-corrected chi connectivity index (χ2v) is 8.08. The summed E-state index contributed by atoms with van der Waals surface area (Å²) < 4.78 is 13.7. The fourth-order valence-corrected chi connectivity index (χ4v) is 4.75. The molecule has 1 fully saturated rings. The summed E-state index contributed by atoms with van der Waals surface area (Å²) in [5.41, 5.74) is 3.49. The van der Waals surface area contributed by atoms with Gasteiger partial charge in [-0.15, -0.1) is 0 Å². The number of rotatable bonds is 5. The van der Waals surface area contributed by atoms with Crippen molar-refractivity contribution in [2.75, 3.05) is 13.7 Å². The van der Waals surface area contributed by atoms with Crippen LogP contribution in [0.2, 0.25) is 0 Å². The molecule has 158 valence electrons. The van der Waals surface area contributed by atoms with Gasteiger partial charge in [-0.1, -0.05) is 25.3 Å². The smallest absolute Gasteiger partial charge is 0.129 e.